The molecule has 4 aromatic carbocycles. The van der Waals surface area contributed by atoms with Gasteiger partial charge in [0, 0.05) is 32.7 Å². The summed E-state index contributed by atoms with van der Waals surface area (Å²) < 4.78 is 19.8. The topological polar surface area (TPSA) is 114 Å². The Kier molecular flexibility index (Phi) is 12.0. The molecule has 0 spiro atoms. The van der Waals surface area contributed by atoms with Crippen molar-refractivity contribution in [2.45, 2.75) is 30.9 Å². The monoisotopic (exact) mass is 707 g/mol. The van der Waals surface area contributed by atoms with Crippen LogP contribution in [0.2, 0.25) is 0 Å². The first kappa shape index (κ1) is 35.8. The summed E-state index contributed by atoms with van der Waals surface area (Å²) in [7, 11) is 0. The largest absolute Gasteiger partial charge is 0.462 e. The summed E-state index contributed by atoms with van der Waals surface area (Å²) in [6, 6.07) is 28.9. The number of amides is 3. The summed E-state index contributed by atoms with van der Waals surface area (Å²) in [6.45, 7) is 5.63. The van der Waals surface area contributed by atoms with Gasteiger partial charge < -0.3 is 20.7 Å². The number of esters is 1. The van der Waals surface area contributed by atoms with E-state index in [0.717, 1.165) is 11.1 Å². The third-order valence-electron chi connectivity index (χ3n) is 7.38. The lowest BCUT2D eigenvalue weighted by Crippen LogP contribution is -2.30. The second-order valence-corrected chi connectivity index (χ2v) is 13.4. The molecule has 5 aromatic rings. The highest BCUT2D eigenvalue weighted by atomic mass is 32.2. The Morgan fingerprint density at radius 1 is 0.900 bits per heavy atom. The maximum atomic E-state index is 14.5. The van der Waals surface area contributed by atoms with Crippen LogP contribution in [0.3, 0.4) is 0 Å². The van der Waals surface area contributed by atoms with Gasteiger partial charge in [0.25, 0.3) is 11.8 Å². The summed E-state index contributed by atoms with van der Waals surface area (Å²) in [5, 5.41) is 9.90. The van der Waals surface area contributed by atoms with E-state index in [-0.39, 0.29) is 23.8 Å². The van der Waals surface area contributed by atoms with Gasteiger partial charge in [0.2, 0.25) is 5.91 Å². The average molecular weight is 708 g/mol. The van der Waals surface area contributed by atoms with Gasteiger partial charge in [0.15, 0.2) is 0 Å². The van der Waals surface area contributed by atoms with Crippen LogP contribution in [0.15, 0.2) is 119 Å². The molecule has 3 N–H and O–H groups in total. The molecule has 1 heterocycles. The number of benzene rings is 4. The fraction of sp³-hybridized carbons (Fsp3) is 0.128. The van der Waals surface area contributed by atoms with Gasteiger partial charge in [-0.1, -0.05) is 72.3 Å². The van der Waals surface area contributed by atoms with Gasteiger partial charge >= 0.3 is 5.97 Å². The van der Waals surface area contributed by atoms with E-state index in [1.54, 1.807) is 74.5 Å². The molecule has 0 saturated carbocycles. The third-order valence-corrected chi connectivity index (χ3v) is 9.37. The molecule has 1 atom stereocenters. The van der Waals surface area contributed by atoms with E-state index in [1.165, 1.54) is 47.4 Å². The van der Waals surface area contributed by atoms with E-state index in [9.17, 15) is 23.6 Å². The first-order chi connectivity index (χ1) is 24.1. The lowest BCUT2D eigenvalue weighted by Gasteiger charge is -2.14. The number of halogens is 1. The summed E-state index contributed by atoms with van der Waals surface area (Å²) in [4.78, 5) is 53.5. The molecular formula is C39H34FN3O5S2. The molecular weight excluding hydrogens is 674 g/mol. The van der Waals surface area contributed by atoms with E-state index in [1.807, 2.05) is 36.6 Å². The van der Waals surface area contributed by atoms with Crippen LogP contribution in [0, 0.1) is 12.7 Å². The number of hydrogen-bond acceptors (Lipinski definition) is 7. The number of nitrogens with one attached hydrogen (secondary N) is 3. The summed E-state index contributed by atoms with van der Waals surface area (Å²) >= 11 is 2.50. The number of ether oxygens (including phenoxy) is 1. The smallest absolute Gasteiger partial charge is 0.341 e. The molecule has 1 unspecified atom stereocenters. The zero-order valence-corrected chi connectivity index (χ0v) is 29.1. The van der Waals surface area contributed by atoms with E-state index >= 15 is 0 Å². The van der Waals surface area contributed by atoms with Crippen LogP contribution >= 0.6 is 23.1 Å². The highest BCUT2D eigenvalue weighted by Gasteiger charge is 2.25. The first-order valence-electron chi connectivity index (χ1n) is 15.7. The zero-order valence-electron chi connectivity index (χ0n) is 27.5. The number of rotatable bonds is 12. The van der Waals surface area contributed by atoms with Crippen molar-refractivity contribution in [2.75, 3.05) is 17.2 Å². The quantitative estimate of drug-likeness (QED) is 0.0681. The van der Waals surface area contributed by atoms with Crippen LogP contribution in [0.5, 0.6) is 0 Å². The molecule has 0 saturated heterocycles. The Hall–Kier alpha value is -5.52. The number of thioether (sulfide) groups is 1. The Balaban J connectivity index is 1.30. The minimum absolute atomic E-state index is 0.123. The lowest BCUT2D eigenvalue weighted by atomic mass is 10.0. The first-order valence-corrected chi connectivity index (χ1v) is 17.5. The number of thiophene rings is 1. The van der Waals surface area contributed by atoms with Gasteiger partial charge in [-0.2, -0.15) is 0 Å². The normalized spacial score (nSPS) is 11.7. The second kappa shape index (κ2) is 16.7. The molecule has 0 bridgehead atoms. The van der Waals surface area contributed by atoms with Gasteiger partial charge in [-0.3, -0.25) is 14.4 Å². The summed E-state index contributed by atoms with van der Waals surface area (Å²) in [5.74, 6) is -2.60. The van der Waals surface area contributed by atoms with Gasteiger partial charge in [-0.15, -0.1) is 23.1 Å². The van der Waals surface area contributed by atoms with Gasteiger partial charge in [-0.25, -0.2) is 9.18 Å². The molecule has 11 heteroatoms. The van der Waals surface area contributed by atoms with Crippen molar-refractivity contribution < 1.29 is 28.3 Å². The van der Waals surface area contributed by atoms with Crippen LogP contribution in [-0.2, 0) is 14.3 Å². The summed E-state index contributed by atoms with van der Waals surface area (Å²) in [5.41, 5.74) is 3.58. The molecule has 0 radical (unpaired) electrons. The number of aryl methyl sites for hydroxylation is 1. The summed E-state index contributed by atoms with van der Waals surface area (Å²) in [6.07, 6.45) is 1.27. The SMILES string of the molecule is CCOC(=O)c1c(-c2ccc(C)cc2)csc1NC(=O)C(C)Sc1cccc(NC(=O)/C(=C/c2ccccc2F)NC(=O)c2ccccc2)c1. The van der Waals surface area contributed by atoms with Crippen molar-refractivity contribution in [3.05, 3.63) is 142 Å². The van der Waals surface area contributed by atoms with Crippen molar-refractivity contribution in [3.8, 4) is 11.1 Å². The third kappa shape index (κ3) is 9.13. The molecule has 3 amide bonds. The van der Waals surface area contributed by atoms with Crippen LogP contribution in [0.25, 0.3) is 17.2 Å². The van der Waals surface area contributed by atoms with Gasteiger partial charge in [0.05, 0.1) is 11.9 Å². The molecule has 5 rings (SSSR count). The molecule has 0 fully saturated rings. The molecule has 0 aliphatic heterocycles. The Morgan fingerprint density at radius 2 is 1.62 bits per heavy atom. The molecule has 8 nitrogen and oxygen atoms in total. The molecule has 1 aromatic heterocycles. The highest BCUT2D eigenvalue weighted by Crippen LogP contribution is 2.37. The molecule has 0 aliphatic rings. The average Bonchev–Trinajstić information content (AvgIpc) is 3.53. The van der Waals surface area contributed by atoms with Crippen molar-refractivity contribution in [1.82, 2.24) is 5.32 Å². The van der Waals surface area contributed by atoms with E-state index < -0.39 is 28.9 Å². The molecule has 254 valence electrons. The Bertz CT molecular complexity index is 2040. The maximum Gasteiger partial charge on any atom is 0.341 e. The maximum absolute atomic E-state index is 14.5. The van der Waals surface area contributed by atoms with Crippen LogP contribution in [0.4, 0.5) is 15.1 Å². The van der Waals surface area contributed by atoms with Gasteiger partial charge in [-0.05, 0) is 68.8 Å². The minimum Gasteiger partial charge on any atom is -0.462 e. The number of carbonyl (C=O) groups excluding carboxylic acids is 4. The minimum atomic E-state index is -0.668. The fourth-order valence-electron chi connectivity index (χ4n) is 4.81. The predicted molar refractivity (Wildman–Crippen MR) is 198 cm³/mol. The second-order valence-electron chi connectivity index (χ2n) is 11.1. The van der Waals surface area contributed by atoms with Crippen molar-refractivity contribution in [3.63, 3.8) is 0 Å². The van der Waals surface area contributed by atoms with Gasteiger partial charge in [0.1, 0.15) is 22.1 Å². The van der Waals surface area contributed by atoms with Crippen LogP contribution < -0.4 is 16.0 Å². The Labute approximate surface area is 297 Å². The number of hydrogen-bond donors (Lipinski definition) is 3. The lowest BCUT2D eigenvalue weighted by molar-refractivity contribution is -0.115. The van der Waals surface area contributed by atoms with Crippen LogP contribution in [-0.4, -0.2) is 35.5 Å². The van der Waals surface area contributed by atoms with E-state index in [2.05, 4.69) is 16.0 Å². The van der Waals surface area contributed by atoms with Crippen molar-refractivity contribution in [1.29, 1.82) is 0 Å². The van der Waals surface area contributed by atoms with Crippen molar-refractivity contribution >= 4 is 63.6 Å². The number of anilines is 2. The van der Waals surface area contributed by atoms with E-state index in [0.29, 0.717) is 32.3 Å². The standard InChI is InChI=1S/C39H34FN3O5S2/c1-4-48-39(47)34-31(26-19-17-24(2)18-20-26)23-49-38(34)43-35(44)25(3)50-30-15-10-14-29(22-30)41-37(46)33(21-28-13-8-9-16-32(28)40)42-36(45)27-11-6-5-7-12-27/h5-23,25H,4H2,1-3H3,(H,41,46)(H,42,45)(H,43,44)/b33-21-. The number of carbonyl (C=O) groups is 4. The predicted octanol–water partition coefficient (Wildman–Crippen LogP) is 8.57. The van der Waals surface area contributed by atoms with Crippen LogP contribution in [0.1, 0.15) is 45.7 Å². The fourth-order valence-corrected chi connectivity index (χ4v) is 6.69. The van der Waals surface area contributed by atoms with Crippen molar-refractivity contribution in [2.24, 2.45) is 0 Å². The molecule has 0 aliphatic carbocycles. The molecule has 50 heavy (non-hydrogen) atoms. The van der Waals surface area contributed by atoms with E-state index in [4.69, 9.17) is 4.74 Å². The Morgan fingerprint density at radius 3 is 2.34 bits per heavy atom. The zero-order chi connectivity index (χ0) is 35.6. The highest BCUT2D eigenvalue weighted by molar-refractivity contribution is 8.00.